The molecule has 160 valence electrons. The van der Waals surface area contributed by atoms with Gasteiger partial charge in [0.2, 0.25) is 0 Å². The van der Waals surface area contributed by atoms with Crippen molar-refractivity contribution in [1.82, 2.24) is 10.3 Å². The van der Waals surface area contributed by atoms with E-state index < -0.39 is 0 Å². The standard InChI is InChI=1S/C24H25N3O4/c1-2-30-23(28)19-10-12-21(13-11-19)31-22(18-7-4-3-5-8-18)14-16-26-24(29)27-20-9-6-15-25-17-20/h3-13,15,17,22H,2,14,16H2,1H3,(H2,26,27,29). The summed E-state index contributed by atoms with van der Waals surface area (Å²) < 4.78 is 11.2. The average Bonchev–Trinajstić information content (AvgIpc) is 2.80. The molecular formula is C24H25N3O4. The second-order valence-corrected chi connectivity index (χ2v) is 6.67. The van der Waals surface area contributed by atoms with Crippen LogP contribution in [0.3, 0.4) is 0 Å². The van der Waals surface area contributed by atoms with Crippen LogP contribution in [0.15, 0.2) is 79.1 Å². The highest BCUT2D eigenvalue weighted by atomic mass is 16.5. The molecule has 0 aliphatic heterocycles. The minimum Gasteiger partial charge on any atom is -0.486 e. The predicted octanol–water partition coefficient (Wildman–Crippen LogP) is 4.59. The molecule has 2 N–H and O–H groups in total. The van der Waals surface area contributed by atoms with Crippen LogP contribution in [0.25, 0.3) is 0 Å². The molecule has 0 aliphatic carbocycles. The van der Waals surface area contributed by atoms with Crippen molar-refractivity contribution in [3.63, 3.8) is 0 Å². The van der Waals surface area contributed by atoms with E-state index in [1.165, 1.54) is 0 Å². The molecule has 3 aromatic rings. The smallest absolute Gasteiger partial charge is 0.338 e. The Morgan fingerprint density at radius 1 is 1.00 bits per heavy atom. The molecule has 0 spiro atoms. The summed E-state index contributed by atoms with van der Waals surface area (Å²) in [6.45, 7) is 2.51. The number of anilines is 1. The lowest BCUT2D eigenvalue weighted by Crippen LogP contribution is -2.30. The first-order valence-electron chi connectivity index (χ1n) is 10.1. The molecular weight excluding hydrogens is 394 g/mol. The minimum atomic E-state index is -0.363. The number of aromatic nitrogens is 1. The van der Waals surface area contributed by atoms with E-state index in [0.29, 0.717) is 36.6 Å². The Kier molecular flexibility index (Phi) is 7.99. The maximum Gasteiger partial charge on any atom is 0.338 e. The molecule has 1 heterocycles. The maximum atomic E-state index is 12.1. The zero-order valence-electron chi connectivity index (χ0n) is 17.3. The number of hydrogen-bond acceptors (Lipinski definition) is 5. The van der Waals surface area contributed by atoms with Crippen LogP contribution in [0.1, 0.15) is 35.4 Å². The SMILES string of the molecule is CCOC(=O)c1ccc(OC(CCNC(=O)Nc2cccnc2)c2ccccc2)cc1. The zero-order valence-corrected chi connectivity index (χ0v) is 17.3. The lowest BCUT2D eigenvalue weighted by molar-refractivity contribution is 0.0526. The lowest BCUT2D eigenvalue weighted by atomic mass is 10.1. The van der Waals surface area contributed by atoms with E-state index in [1.807, 2.05) is 30.3 Å². The summed E-state index contributed by atoms with van der Waals surface area (Å²) in [4.78, 5) is 27.9. The zero-order chi connectivity index (χ0) is 21.9. The van der Waals surface area contributed by atoms with Crippen molar-refractivity contribution in [2.45, 2.75) is 19.4 Å². The second-order valence-electron chi connectivity index (χ2n) is 6.67. The first-order chi connectivity index (χ1) is 15.2. The van der Waals surface area contributed by atoms with Crippen molar-refractivity contribution >= 4 is 17.7 Å². The molecule has 1 aromatic heterocycles. The molecule has 7 heteroatoms. The van der Waals surface area contributed by atoms with Gasteiger partial charge < -0.3 is 20.1 Å². The number of esters is 1. The van der Waals surface area contributed by atoms with Gasteiger partial charge in [0.1, 0.15) is 11.9 Å². The molecule has 7 nitrogen and oxygen atoms in total. The molecule has 1 atom stereocenters. The Morgan fingerprint density at radius 2 is 1.77 bits per heavy atom. The fraction of sp³-hybridized carbons (Fsp3) is 0.208. The topological polar surface area (TPSA) is 89.5 Å². The molecule has 1 unspecified atom stereocenters. The molecule has 2 amide bonds. The van der Waals surface area contributed by atoms with Crippen molar-refractivity contribution in [3.8, 4) is 5.75 Å². The maximum absolute atomic E-state index is 12.1. The Labute approximate surface area is 181 Å². The number of ether oxygens (including phenoxy) is 2. The number of rotatable bonds is 9. The number of benzene rings is 2. The summed E-state index contributed by atoms with van der Waals surface area (Å²) >= 11 is 0. The quantitative estimate of drug-likeness (QED) is 0.495. The molecule has 0 aliphatic rings. The van der Waals surface area contributed by atoms with Crippen molar-refractivity contribution in [2.75, 3.05) is 18.5 Å². The minimum absolute atomic E-state index is 0.270. The van der Waals surface area contributed by atoms with E-state index in [1.54, 1.807) is 55.7 Å². The van der Waals surface area contributed by atoms with Gasteiger partial charge in [-0.3, -0.25) is 4.98 Å². The predicted molar refractivity (Wildman–Crippen MR) is 118 cm³/mol. The second kappa shape index (κ2) is 11.3. The van der Waals surface area contributed by atoms with Crippen LogP contribution in [-0.4, -0.2) is 30.1 Å². The third-order valence-corrected chi connectivity index (χ3v) is 4.43. The van der Waals surface area contributed by atoms with Crippen LogP contribution >= 0.6 is 0 Å². The van der Waals surface area contributed by atoms with Gasteiger partial charge in [-0.2, -0.15) is 0 Å². The lowest BCUT2D eigenvalue weighted by Gasteiger charge is -2.20. The Morgan fingerprint density at radius 3 is 2.45 bits per heavy atom. The Hall–Kier alpha value is -3.87. The van der Waals surface area contributed by atoms with E-state index in [-0.39, 0.29) is 18.1 Å². The third kappa shape index (κ3) is 6.85. The number of pyridine rings is 1. The summed E-state index contributed by atoms with van der Waals surface area (Å²) in [5.41, 5.74) is 2.09. The third-order valence-electron chi connectivity index (χ3n) is 4.43. The molecule has 3 rings (SSSR count). The Bertz CT molecular complexity index is 963. The highest BCUT2D eigenvalue weighted by Crippen LogP contribution is 2.25. The number of urea groups is 1. The van der Waals surface area contributed by atoms with Gasteiger partial charge in [-0.1, -0.05) is 30.3 Å². The molecule has 0 radical (unpaired) electrons. The van der Waals surface area contributed by atoms with Crippen molar-refractivity contribution in [1.29, 1.82) is 0 Å². The van der Waals surface area contributed by atoms with E-state index in [2.05, 4.69) is 15.6 Å². The number of carbonyl (C=O) groups is 2. The summed E-state index contributed by atoms with van der Waals surface area (Å²) in [6.07, 6.45) is 3.51. The average molecular weight is 419 g/mol. The summed E-state index contributed by atoms with van der Waals surface area (Å²) in [7, 11) is 0. The van der Waals surface area contributed by atoms with Gasteiger partial charge in [-0.15, -0.1) is 0 Å². The van der Waals surface area contributed by atoms with E-state index >= 15 is 0 Å². The highest BCUT2D eigenvalue weighted by Gasteiger charge is 2.15. The fourth-order valence-corrected chi connectivity index (χ4v) is 2.94. The van der Waals surface area contributed by atoms with Gasteiger partial charge in [0.15, 0.2) is 0 Å². The Balaban J connectivity index is 1.60. The number of amides is 2. The van der Waals surface area contributed by atoms with E-state index in [9.17, 15) is 9.59 Å². The van der Waals surface area contributed by atoms with Gasteiger partial charge in [0, 0.05) is 19.2 Å². The molecule has 31 heavy (non-hydrogen) atoms. The summed E-state index contributed by atoms with van der Waals surface area (Å²) in [6, 6.07) is 19.8. The number of nitrogens with one attached hydrogen (secondary N) is 2. The van der Waals surface area contributed by atoms with Crippen LogP contribution in [0.5, 0.6) is 5.75 Å². The molecule has 0 fully saturated rings. The highest BCUT2D eigenvalue weighted by molar-refractivity contribution is 5.89. The molecule has 2 aromatic carbocycles. The normalized spacial score (nSPS) is 11.3. The van der Waals surface area contributed by atoms with Crippen LogP contribution in [-0.2, 0) is 4.74 Å². The van der Waals surface area contributed by atoms with Gasteiger partial charge >= 0.3 is 12.0 Å². The first kappa shape index (κ1) is 21.8. The number of nitrogens with zero attached hydrogens (tertiary/aromatic N) is 1. The monoisotopic (exact) mass is 419 g/mol. The molecule has 0 saturated carbocycles. The largest absolute Gasteiger partial charge is 0.486 e. The number of carbonyl (C=O) groups excluding carboxylic acids is 2. The van der Waals surface area contributed by atoms with Gasteiger partial charge in [0.25, 0.3) is 0 Å². The summed E-state index contributed by atoms with van der Waals surface area (Å²) in [5.74, 6) is 0.263. The fourth-order valence-electron chi connectivity index (χ4n) is 2.94. The first-order valence-corrected chi connectivity index (χ1v) is 10.1. The summed E-state index contributed by atoms with van der Waals surface area (Å²) in [5, 5.41) is 5.57. The van der Waals surface area contributed by atoms with Crippen LogP contribution in [0.2, 0.25) is 0 Å². The van der Waals surface area contributed by atoms with Crippen molar-refractivity contribution < 1.29 is 19.1 Å². The van der Waals surface area contributed by atoms with Crippen LogP contribution in [0, 0.1) is 0 Å². The van der Waals surface area contributed by atoms with Crippen LogP contribution in [0.4, 0.5) is 10.5 Å². The van der Waals surface area contributed by atoms with Crippen LogP contribution < -0.4 is 15.4 Å². The van der Waals surface area contributed by atoms with Gasteiger partial charge in [-0.05, 0) is 48.9 Å². The molecule has 0 saturated heterocycles. The van der Waals surface area contributed by atoms with Crippen molar-refractivity contribution in [3.05, 3.63) is 90.3 Å². The van der Waals surface area contributed by atoms with Gasteiger partial charge in [0.05, 0.1) is 24.1 Å². The van der Waals surface area contributed by atoms with Gasteiger partial charge in [-0.25, -0.2) is 9.59 Å². The van der Waals surface area contributed by atoms with Crippen molar-refractivity contribution in [2.24, 2.45) is 0 Å². The van der Waals surface area contributed by atoms with E-state index in [0.717, 1.165) is 5.56 Å². The van der Waals surface area contributed by atoms with E-state index in [4.69, 9.17) is 9.47 Å². The number of hydrogen-bond donors (Lipinski definition) is 2. The molecule has 0 bridgehead atoms.